The first-order chi connectivity index (χ1) is 9.54. The Morgan fingerprint density at radius 2 is 2.15 bits per heavy atom. The fraction of sp³-hybridized carbons (Fsp3) is 0.429. The number of carbonyl (C=O) groups is 1. The number of hydrogen-bond acceptors (Lipinski definition) is 4. The molecule has 4 nitrogen and oxygen atoms in total. The van der Waals surface area contributed by atoms with Gasteiger partial charge in [0.2, 0.25) is 0 Å². The van der Waals surface area contributed by atoms with Crippen molar-refractivity contribution in [1.82, 2.24) is 4.98 Å². The number of carbonyl (C=O) groups excluding carboxylic acids is 1. The molecular formula is C14H15Cl2NO3. The molecule has 20 heavy (non-hydrogen) atoms. The van der Waals surface area contributed by atoms with Crippen molar-refractivity contribution < 1.29 is 14.3 Å². The molecule has 1 rings (SSSR count). The maximum Gasteiger partial charge on any atom is 0.347 e. The highest BCUT2D eigenvalue weighted by molar-refractivity contribution is 6.33. The number of pyridine rings is 1. The molecule has 1 atom stereocenters. The van der Waals surface area contributed by atoms with E-state index < -0.39 is 12.1 Å². The van der Waals surface area contributed by atoms with Gasteiger partial charge in [-0.25, -0.2) is 9.78 Å². The summed E-state index contributed by atoms with van der Waals surface area (Å²) < 4.78 is 10.4. The van der Waals surface area contributed by atoms with Crippen LogP contribution in [-0.4, -0.2) is 23.7 Å². The number of rotatable bonds is 5. The lowest BCUT2D eigenvalue weighted by atomic mass is 10.4. The predicted molar refractivity (Wildman–Crippen MR) is 78.0 cm³/mol. The van der Waals surface area contributed by atoms with Crippen LogP contribution >= 0.6 is 23.2 Å². The smallest absolute Gasteiger partial charge is 0.347 e. The van der Waals surface area contributed by atoms with E-state index in [-0.39, 0.29) is 22.7 Å². The lowest BCUT2D eigenvalue weighted by Gasteiger charge is -2.14. The third-order valence-electron chi connectivity index (χ3n) is 2.19. The van der Waals surface area contributed by atoms with Crippen LogP contribution in [0.15, 0.2) is 12.1 Å². The van der Waals surface area contributed by atoms with Gasteiger partial charge in [-0.15, -0.1) is 5.92 Å². The molecule has 1 aromatic rings. The van der Waals surface area contributed by atoms with Gasteiger partial charge < -0.3 is 9.47 Å². The standard InChI is InChI=1S/C14H15Cl2NO3/c1-3-4-5-6-9-19-14(18)10(2)20-11-7-8-12(15)17-13(11)16/h7-8,10H,3,6,9H2,1-2H3. The summed E-state index contributed by atoms with van der Waals surface area (Å²) >= 11 is 11.5. The largest absolute Gasteiger partial charge is 0.476 e. The molecular weight excluding hydrogens is 301 g/mol. The van der Waals surface area contributed by atoms with E-state index in [0.29, 0.717) is 6.42 Å². The van der Waals surface area contributed by atoms with E-state index in [1.807, 2.05) is 6.92 Å². The van der Waals surface area contributed by atoms with Gasteiger partial charge in [-0.05, 0) is 19.1 Å². The minimum Gasteiger partial charge on any atom is -0.476 e. The van der Waals surface area contributed by atoms with E-state index in [4.69, 9.17) is 32.7 Å². The molecule has 0 aliphatic heterocycles. The Morgan fingerprint density at radius 1 is 1.40 bits per heavy atom. The predicted octanol–water partition coefficient (Wildman–Crippen LogP) is 3.50. The Kier molecular flexibility index (Phi) is 7.21. The minimum atomic E-state index is -0.783. The van der Waals surface area contributed by atoms with Crippen LogP contribution in [0.1, 0.15) is 26.7 Å². The average molecular weight is 316 g/mol. The monoisotopic (exact) mass is 315 g/mol. The van der Waals surface area contributed by atoms with Gasteiger partial charge in [0.25, 0.3) is 0 Å². The molecule has 0 aromatic carbocycles. The maximum absolute atomic E-state index is 11.7. The molecule has 0 spiro atoms. The Balaban J connectivity index is 2.45. The van der Waals surface area contributed by atoms with Crippen molar-refractivity contribution in [3.63, 3.8) is 0 Å². The summed E-state index contributed by atoms with van der Waals surface area (Å²) in [5.74, 6) is 5.58. The van der Waals surface area contributed by atoms with Crippen LogP contribution in [0.2, 0.25) is 10.3 Å². The van der Waals surface area contributed by atoms with Gasteiger partial charge in [0.15, 0.2) is 17.0 Å². The van der Waals surface area contributed by atoms with Gasteiger partial charge in [-0.1, -0.05) is 36.0 Å². The molecule has 108 valence electrons. The Labute approximate surface area is 128 Å². The van der Waals surface area contributed by atoms with Crippen LogP contribution in [0.3, 0.4) is 0 Å². The molecule has 1 aromatic heterocycles. The highest BCUT2D eigenvalue weighted by atomic mass is 35.5. The van der Waals surface area contributed by atoms with Crippen LogP contribution in [0.5, 0.6) is 5.75 Å². The summed E-state index contributed by atoms with van der Waals surface area (Å²) in [6.07, 6.45) is 0.514. The third kappa shape index (κ3) is 5.68. The third-order valence-corrected chi connectivity index (χ3v) is 2.67. The number of ether oxygens (including phenoxy) is 2. The molecule has 0 aliphatic rings. The number of aromatic nitrogens is 1. The SMILES string of the molecule is CCC#CCCOC(=O)C(C)Oc1ccc(Cl)nc1Cl. The molecule has 0 bridgehead atoms. The first kappa shape index (κ1) is 16.6. The zero-order valence-electron chi connectivity index (χ0n) is 11.3. The Hall–Kier alpha value is -1.44. The topological polar surface area (TPSA) is 48.4 Å². The van der Waals surface area contributed by atoms with Crippen molar-refractivity contribution in [2.24, 2.45) is 0 Å². The summed E-state index contributed by atoms with van der Waals surface area (Å²) in [7, 11) is 0. The Bertz CT molecular complexity index is 523. The van der Waals surface area contributed by atoms with Crippen molar-refractivity contribution in [2.75, 3.05) is 6.61 Å². The Morgan fingerprint density at radius 3 is 2.80 bits per heavy atom. The number of halogens is 2. The second-order valence-electron chi connectivity index (χ2n) is 3.81. The van der Waals surface area contributed by atoms with E-state index in [1.165, 1.54) is 6.07 Å². The fourth-order valence-corrected chi connectivity index (χ4v) is 1.65. The molecule has 6 heteroatoms. The van der Waals surface area contributed by atoms with Crippen molar-refractivity contribution in [3.8, 4) is 17.6 Å². The van der Waals surface area contributed by atoms with Crippen molar-refractivity contribution in [3.05, 3.63) is 22.4 Å². The zero-order chi connectivity index (χ0) is 15.0. The van der Waals surface area contributed by atoms with E-state index in [0.717, 1.165) is 6.42 Å². The van der Waals surface area contributed by atoms with E-state index in [2.05, 4.69) is 16.8 Å². The van der Waals surface area contributed by atoms with Crippen LogP contribution in [0, 0.1) is 11.8 Å². The molecule has 0 saturated heterocycles. The molecule has 0 aliphatic carbocycles. The highest BCUT2D eigenvalue weighted by Gasteiger charge is 2.17. The van der Waals surface area contributed by atoms with Crippen LogP contribution in [-0.2, 0) is 9.53 Å². The van der Waals surface area contributed by atoms with Gasteiger partial charge in [-0.3, -0.25) is 0 Å². The highest BCUT2D eigenvalue weighted by Crippen LogP contribution is 2.25. The van der Waals surface area contributed by atoms with Crippen LogP contribution in [0.25, 0.3) is 0 Å². The van der Waals surface area contributed by atoms with E-state index in [9.17, 15) is 4.79 Å². The molecule has 1 heterocycles. The van der Waals surface area contributed by atoms with Gasteiger partial charge in [0, 0.05) is 12.8 Å². The van der Waals surface area contributed by atoms with Crippen molar-refractivity contribution in [1.29, 1.82) is 0 Å². The summed E-state index contributed by atoms with van der Waals surface area (Å²) in [4.78, 5) is 15.5. The number of hydrogen-bond donors (Lipinski definition) is 0. The van der Waals surface area contributed by atoms with Crippen molar-refractivity contribution >= 4 is 29.2 Å². The average Bonchev–Trinajstić information content (AvgIpc) is 2.41. The van der Waals surface area contributed by atoms with Gasteiger partial charge in [0.05, 0.1) is 0 Å². The van der Waals surface area contributed by atoms with Crippen LogP contribution < -0.4 is 4.74 Å². The lowest BCUT2D eigenvalue weighted by Crippen LogP contribution is -2.26. The summed E-state index contributed by atoms with van der Waals surface area (Å²) in [5, 5.41) is 0.359. The van der Waals surface area contributed by atoms with E-state index in [1.54, 1.807) is 13.0 Å². The lowest BCUT2D eigenvalue weighted by molar-refractivity contribution is -0.150. The molecule has 0 amide bonds. The van der Waals surface area contributed by atoms with Gasteiger partial charge in [-0.2, -0.15) is 0 Å². The molecule has 1 unspecified atom stereocenters. The number of esters is 1. The zero-order valence-corrected chi connectivity index (χ0v) is 12.8. The molecule has 0 fully saturated rings. The molecule has 0 N–H and O–H groups in total. The van der Waals surface area contributed by atoms with E-state index >= 15 is 0 Å². The second-order valence-corrected chi connectivity index (χ2v) is 4.55. The maximum atomic E-state index is 11.7. The van der Waals surface area contributed by atoms with Gasteiger partial charge >= 0.3 is 5.97 Å². The second kappa shape index (κ2) is 8.68. The normalized spacial score (nSPS) is 11.2. The summed E-state index contributed by atoms with van der Waals surface area (Å²) in [6.45, 7) is 3.77. The molecule has 0 saturated carbocycles. The van der Waals surface area contributed by atoms with Gasteiger partial charge in [0.1, 0.15) is 11.8 Å². The first-order valence-corrected chi connectivity index (χ1v) is 6.91. The van der Waals surface area contributed by atoms with Crippen LogP contribution in [0.4, 0.5) is 0 Å². The quantitative estimate of drug-likeness (QED) is 0.361. The number of nitrogens with zero attached hydrogens (tertiary/aromatic N) is 1. The first-order valence-electron chi connectivity index (χ1n) is 6.15. The van der Waals surface area contributed by atoms with Crippen molar-refractivity contribution in [2.45, 2.75) is 32.8 Å². The minimum absolute atomic E-state index is 0.103. The summed E-state index contributed by atoms with van der Waals surface area (Å²) in [5.41, 5.74) is 0. The molecule has 0 radical (unpaired) electrons. The fourth-order valence-electron chi connectivity index (χ4n) is 1.26. The summed E-state index contributed by atoms with van der Waals surface area (Å²) in [6, 6.07) is 3.08.